The van der Waals surface area contributed by atoms with E-state index in [2.05, 4.69) is 20.6 Å². The number of carbonyl (C=O) groups excluding carboxylic acids is 1. The van der Waals surface area contributed by atoms with Crippen LogP contribution in [0, 0.1) is 11.8 Å². The highest BCUT2D eigenvalue weighted by Gasteiger charge is 2.26. The number of hydrogen-bond donors (Lipinski definition) is 2. The van der Waals surface area contributed by atoms with Crippen molar-refractivity contribution >= 4 is 17.7 Å². The molecule has 0 radical (unpaired) electrons. The molecule has 196 valence electrons. The number of rotatable bonds is 11. The summed E-state index contributed by atoms with van der Waals surface area (Å²) in [5, 5.41) is 6.95. The van der Waals surface area contributed by atoms with Crippen molar-refractivity contribution < 1.29 is 14.3 Å². The quantitative estimate of drug-likeness (QED) is 0.405. The van der Waals surface area contributed by atoms with E-state index in [1.54, 1.807) is 32.2 Å². The number of thioether (sulfide) groups is 1. The van der Waals surface area contributed by atoms with Gasteiger partial charge in [0.15, 0.2) is 11.6 Å². The first kappa shape index (κ1) is 26.7. The summed E-state index contributed by atoms with van der Waals surface area (Å²) in [5.74, 6) is 3.42. The van der Waals surface area contributed by atoms with Crippen molar-refractivity contribution in [3.63, 3.8) is 0 Å². The predicted molar refractivity (Wildman–Crippen MR) is 145 cm³/mol. The molecule has 2 aromatic rings. The molecule has 8 heteroatoms. The minimum atomic E-state index is 0.131. The molecule has 36 heavy (non-hydrogen) atoms. The molecule has 7 nitrogen and oxygen atoms in total. The zero-order valence-corrected chi connectivity index (χ0v) is 22.4. The fourth-order valence-corrected chi connectivity index (χ4v) is 6.13. The van der Waals surface area contributed by atoms with Crippen LogP contribution in [0.5, 0.6) is 11.6 Å². The highest BCUT2D eigenvalue weighted by Crippen LogP contribution is 2.30. The van der Waals surface area contributed by atoms with Gasteiger partial charge in [-0.3, -0.25) is 4.79 Å². The molecule has 2 aliphatic rings. The number of amides is 1. The normalized spacial score (nSPS) is 19.4. The molecular weight excluding hydrogens is 472 g/mol. The van der Waals surface area contributed by atoms with Gasteiger partial charge in [-0.1, -0.05) is 44.2 Å². The SMILES string of the molecule is COc1cnc(-c2ccc(SCC(=O)NC(CCC3CCCCC3)C3CCCNC3)cc2)nc1OC. The van der Waals surface area contributed by atoms with E-state index < -0.39 is 0 Å². The molecule has 1 amide bonds. The number of nitrogens with one attached hydrogen (secondary N) is 2. The molecule has 0 bridgehead atoms. The van der Waals surface area contributed by atoms with Crippen molar-refractivity contribution in [2.24, 2.45) is 11.8 Å². The largest absolute Gasteiger partial charge is 0.490 e. The predicted octanol–water partition coefficient (Wildman–Crippen LogP) is 5.10. The van der Waals surface area contributed by atoms with Gasteiger partial charge in [0, 0.05) is 16.5 Å². The topological polar surface area (TPSA) is 85.4 Å². The van der Waals surface area contributed by atoms with Crippen LogP contribution in [-0.2, 0) is 4.79 Å². The van der Waals surface area contributed by atoms with E-state index in [0.29, 0.717) is 29.1 Å². The number of benzene rings is 1. The van der Waals surface area contributed by atoms with Crippen LogP contribution in [0.4, 0.5) is 0 Å². The molecule has 2 unspecified atom stereocenters. The van der Waals surface area contributed by atoms with Crippen LogP contribution in [0.15, 0.2) is 35.4 Å². The minimum Gasteiger partial charge on any atom is -0.490 e. The number of methoxy groups -OCH3 is 2. The van der Waals surface area contributed by atoms with Gasteiger partial charge in [-0.15, -0.1) is 11.8 Å². The number of hydrogen-bond acceptors (Lipinski definition) is 7. The summed E-state index contributed by atoms with van der Waals surface area (Å²) in [5.41, 5.74) is 0.886. The summed E-state index contributed by atoms with van der Waals surface area (Å²) in [7, 11) is 3.12. The smallest absolute Gasteiger partial charge is 0.260 e. The second kappa shape index (κ2) is 13.8. The van der Waals surface area contributed by atoms with Crippen LogP contribution in [0.25, 0.3) is 11.4 Å². The van der Waals surface area contributed by atoms with Crippen LogP contribution < -0.4 is 20.1 Å². The number of ether oxygens (including phenoxy) is 2. The fourth-order valence-electron chi connectivity index (χ4n) is 5.42. The molecule has 1 saturated carbocycles. The van der Waals surface area contributed by atoms with E-state index in [1.807, 2.05) is 24.3 Å². The van der Waals surface area contributed by atoms with Crippen molar-refractivity contribution in [1.29, 1.82) is 0 Å². The van der Waals surface area contributed by atoms with E-state index in [1.165, 1.54) is 51.4 Å². The average Bonchev–Trinajstić information content (AvgIpc) is 2.95. The van der Waals surface area contributed by atoms with Gasteiger partial charge in [-0.05, 0) is 62.7 Å². The molecule has 1 aliphatic carbocycles. The summed E-state index contributed by atoms with van der Waals surface area (Å²) in [6.07, 6.45) is 13.2. The van der Waals surface area contributed by atoms with Gasteiger partial charge < -0.3 is 20.1 Å². The third-order valence-corrected chi connectivity index (χ3v) is 8.49. The number of nitrogens with zero attached hydrogens (tertiary/aromatic N) is 2. The van der Waals surface area contributed by atoms with Crippen molar-refractivity contribution in [3.8, 4) is 23.0 Å². The van der Waals surface area contributed by atoms with Gasteiger partial charge in [0.05, 0.1) is 26.2 Å². The maximum Gasteiger partial charge on any atom is 0.260 e. The second-order valence-electron chi connectivity index (χ2n) is 9.95. The maximum atomic E-state index is 12.9. The molecule has 2 N–H and O–H groups in total. The molecular formula is C28H40N4O3S. The summed E-state index contributed by atoms with van der Waals surface area (Å²) < 4.78 is 10.5. The highest BCUT2D eigenvalue weighted by atomic mass is 32.2. The van der Waals surface area contributed by atoms with Crippen molar-refractivity contribution in [3.05, 3.63) is 30.5 Å². The summed E-state index contributed by atoms with van der Waals surface area (Å²) in [4.78, 5) is 22.8. The van der Waals surface area contributed by atoms with Gasteiger partial charge in [-0.2, -0.15) is 4.98 Å². The van der Waals surface area contributed by atoms with Gasteiger partial charge in [-0.25, -0.2) is 4.98 Å². The second-order valence-corrected chi connectivity index (χ2v) is 11.0. The molecule has 2 atom stereocenters. The van der Waals surface area contributed by atoms with E-state index in [9.17, 15) is 4.79 Å². The molecule has 0 spiro atoms. The minimum absolute atomic E-state index is 0.131. The van der Waals surface area contributed by atoms with Gasteiger partial charge in [0.2, 0.25) is 5.91 Å². The van der Waals surface area contributed by atoms with Crippen molar-refractivity contribution in [2.75, 3.05) is 33.1 Å². The van der Waals surface area contributed by atoms with E-state index in [0.717, 1.165) is 35.9 Å². The number of piperidine rings is 1. The van der Waals surface area contributed by atoms with Crippen LogP contribution >= 0.6 is 11.8 Å². The summed E-state index contributed by atoms with van der Waals surface area (Å²) >= 11 is 1.57. The fraction of sp³-hybridized carbons (Fsp3) is 0.607. The lowest BCUT2D eigenvalue weighted by Crippen LogP contribution is -2.47. The summed E-state index contributed by atoms with van der Waals surface area (Å²) in [6.45, 7) is 2.11. The lowest BCUT2D eigenvalue weighted by molar-refractivity contribution is -0.119. The Morgan fingerprint density at radius 3 is 2.61 bits per heavy atom. The Balaban J connectivity index is 1.30. The Morgan fingerprint density at radius 2 is 1.92 bits per heavy atom. The molecule has 2 heterocycles. The Bertz CT molecular complexity index is 960. The molecule has 1 aliphatic heterocycles. The molecule has 4 rings (SSSR count). The molecule has 1 aromatic heterocycles. The van der Waals surface area contributed by atoms with Crippen molar-refractivity contribution in [2.45, 2.75) is 68.7 Å². The zero-order valence-electron chi connectivity index (χ0n) is 21.6. The third-order valence-electron chi connectivity index (χ3n) is 7.48. The van der Waals surface area contributed by atoms with Crippen LogP contribution in [0.3, 0.4) is 0 Å². The first-order chi connectivity index (χ1) is 17.7. The Kier molecular flexibility index (Phi) is 10.3. The molecule has 2 fully saturated rings. The first-order valence-corrected chi connectivity index (χ1v) is 14.3. The van der Waals surface area contributed by atoms with Crippen LogP contribution in [0.2, 0.25) is 0 Å². The summed E-state index contributed by atoms with van der Waals surface area (Å²) in [6, 6.07) is 8.25. The van der Waals surface area contributed by atoms with Gasteiger partial charge in [0.25, 0.3) is 5.88 Å². The number of aromatic nitrogens is 2. The highest BCUT2D eigenvalue weighted by molar-refractivity contribution is 8.00. The standard InChI is InChI=1S/C28H40N4O3S/c1-34-25-18-30-27(32-28(25)35-2)21-11-13-23(14-12-21)36-19-26(33)31-24(22-9-6-16-29-17-22)15-10-20-7-4-3-5-8-20/h11-14,18,20,22,24,29H,3-10,15-17,19H2,1-2H3,(H,31,33). The number of carbonyl (C=O) groups is 1. The first-order valence-electron chi connectivity index (χ1n) is 13.3. The average molecular weight is 513 g/mol. The van der Waals surface area contributed by atoms with Crippen molar-refractivity contribution in [1.82, 2.24) is 20.6 Å². The monoisotopic (exact) mass is 512 g/mol. The lowest BCUT2D eigenvalue weighted by atomic mass is 9.82. The third kappa shape index (κ3) is 7.59. The van der Waals surface area contributed by atoms with E-state index >= 15 is 0 Å². The van der Waals surface area contributed by atoms with Crippen LogP contribution in [0.1, 0.15) is 57.8 Å². The van der Waals surface area contributed by atoms with E-state index in [-0.39, 0.29) is 11.9 Å². The Morgan fingerprint density at radius 1 is 1.11 bits per heavy atom. The van der Waals surface area contributed by atoms with Crippen LogP contribution in [-0.4, -0.2) is 55.0 Å². The van der Waals surface area contributed by atoms with Gasteiger partial charge >= 0.3 is 0 Å². The maximum absolute atomic E-state index is 12.9. The Labute approximate surface area is 219 Å². The lowest BCUT2D eigenvalue weighted by Gasteiger charge is -2.33. The zero-order chi connectivity index (χ0) is 25.2. The van der Waals surface area contributed by atoms with E-state index in [4.69, 9.17) is 9.47 Å². The van der Waals surface area contributed by atoms with Gasteiger partial charge in [0.1, 0.15) is 0 Å². The molecule has 1 aromatic carbocycles. The Hall–Kier alpha value is -2.32. The molecule has 1 saturated heterocycles.